The SMILES string of the molecule is C#CC(C)(CC)CC(C)(C)O. The number of hydrogen-bond donors (Lipinski definition) is 1. The first kappa shape index (κ1) is 10.5. The molecule has 1 N–H and O–H groups in total. The Bertz CT molecular complexity index is 159. The third-order valence-electron chi connectivity index (χ3n) is 1.95. The summed E-state index contributed by atoms with van der Waals surface area (Å²) in [5, 5.41) is 9.52. The van der Waals surface area contributed by atoms with E-state index in [4.69, 9.17) is 6.42 Å². The molecule has 1 heteroatoms. The minimum absolute atomic E-state index is 0.155. The highest BCUT2D eigenvalue weighted by Gasteiger charge is 2.27. The summed E-state index contributed by atoms with van der Waals surface area (Å²) in [6.45, 7) is 7.63. The van der Waals surface area contributed by atoms with Crippen molar-refractivity contribution in [3.8, 4) is 12.3 Å². The van der Waals surface area contributed by atoms with Crippen LogP contribution >= 0.6 is 0 Å². The van der Waals surface area contributed by atoms with Gasteiger partial charge in [0, 0.05) is 5.41 Å². The molecule has 0 heterocycles. The molecule has 0 radical (unpaired) electrons. The molecule has 0 fully saturated rings. The molecule has 0 aliphatic heterocycles. The Morgan fingerprint density at radius 1 is 1.36 bits per heavy atom. The van der Waals surface area contributed by atoms with Gasteiger partial charge in [0.25, 0.3) is 0 Å². The highest BCUT2D eigenvalue weighted by Crippen LogP contribution is 2.30. The summed E-state index contributed by atoms with van der Waals surface area (Å²) in [5.74, 6) is 2.72. The van der Waals surface area contributed by atoms with Gasteiger partial charge in [-0.3, -0.25) is 0 Å². The van der Waals surface area contributed by atoms with Crippen LogP contribution in [-0.2, 0) is 0 Å². The molecule has 0 rings (SSSR count). The van der Waals surface area contributed by atoms with Gasteiger partial charge >= 0.3 is 0 Å². The third kappa shape index (κ3) is 4.06. The van der Waals surface area contributed by atoms with Crippen molar-refractivity contribution < 1.29 is 5.11 Å². The van der Waals surface area contributed by atoms with Gasteiger partial charge in [-0.05, 0) is 33.6 Å². The Kier molecular flexibility index (Phi) is 3.13. The normalized spacial score (nSPS) is 17.1. The first-order valence-electron chi connectivity index (χ1n) is 4.03. The predicted molar refractivity (Wildman–Crippen MR) is 48.1 cm³/mol. The van der Waals surface area contributed by atoms with Crippen LogP contribution in [0.15, 0.2) is 0 Å². The first-order chi connectivity index (χ1) is 4.83. The van der Waals surface area contributed by atoms with E-state index in [0.29, 0.717) is 6.42 Å². The third-order valence-corrected chi connectivity index (χ3v) is 1.95. The lowest BCUT2D eigenvalue weighted by molar-refractivity contribution is 0.0411. The van der Waals surface area contributed by atoms with Gasteiger partial charge in [-0.2, -0.15) is 0 Å². The molecule has 0 aromatic rings. The second kappa shape index (κ2) is 3.28. The second-order valence-electron chi connectivity index (χ2n) is 4.05. The van der Waals surface area contributed by atoms with Crippen molar-refractivity contribution in [3.05, 3.63) is 0 Å². The van der Waals surface area contributed by atoms with Crippen LogP contribution < -0.4 is 0 Å². The van der Waals surface area contributed by atoms with Crippen LogP contribution in [0.4, 0.5) is 0 Å². The van der Waals surface area contributed by atoms with Crippen LogP contribution in [0.5, 0.6) is 0 Å². The highest BCUT2D eigenvalue weighted by atomic mass is 16.3. The molecule has 1 unspecified atom stereocenters. The lowest BCUT2D eigenvalue weighted by atomic mass is 9.79. The molecule has 0 aliphatic carbocycles. The number of hydrogen-bond acceptors (Lipinski definition) is 1. The molecular weight excluding hydrogens is 136 g/mol. The Balaban J connectivity index is 4.23. The number of rotatable bonds is 3. The van der Waals surface area contributed by atoms with E-state index >= 15 is 0 Å². The van der Waals surface area contributed by atoms with Gasteiger partial charge in [-0.15, -0.1) is 12.3 Å². The van der Waals surface area contributed by atoms with Gasteiger partial charge in [0.05, 0.1) is 5.60 Å². The van der Waals surface area contributed by atoms with Crippen LogP contribution in [0.3, 0.4) is 0 Å². The zero-order valence-corrected chi connectivity index (χ0v) is 7.94. The fourth-order valence-electron chi connectivity index (χ4n) is 1.23. The van der Waals surface area contributed by atoms with Gasteiger partial charge in [0.1, 0.15) is 0 Å². The molecule has 0 saturated heterocycles. The molecular formula is C10H18O. The summed E-state index contributed by atoms with van der Waals surface area (Å²) in [5.41, 5.74) is -0.810. The topological polar surface area (TPSA) is 20.2 Å². The van der Waals surface area contributed by atoms with Crippen LogP contribution in [0.2, 0.25) is 0 Å². The van der Waals surface area contributed by atoms with E-state index in [1.54, 1.807) is 13.8 Å². The van der Waals surface area contributed by atoms with E-state index in [1.807, 2.05) is 13.8 Å². The average molecular weight is 154 g/mol. The highest BCUT2D eigenvalue weighted by molar-refractivity contribution is 5.04. The second-order valence-corrected chi connectivity index (χ2v) is 4.05. The Morgan fingerprint density at radius 3 is 1.91 bits per heavy atom. The Morgan fingerprint density at radius 2 is 1.82 bits per heavy atom. The molecule has 0 aromatic carbocycles. The summed E-state index contributed by atoms with van der Waals surface area (Å²) in [6, 6.07) is 0. The summed E-state index contributed by atoms with van der Waals surface area (Å²) in [4.78, 5) is 0. The van der Waals surface area contributed by atoms with E-state index < -0.39 is 5.60 Å². The monoisotopic (exact) mass is 154 g/mol. The minimum Gasteiger partial charge on any atom is -0.390 e. The fourth-order valence-corrected chi connectivity index (χ4v) is 1.23. The quantitative estimate of drug-likeness (QED) is 0.618. The lowest BCUT2D eigenvalue weighted by Crippen LogP contribution is -2.28. The van der Waals surface area contributed by atoms with Crippen molar-refractivity contribution in [1.29, 1.82) is 0 Å². The molecule has 1 atom stereocenters. The van der Waals surface area contributed by atoms with Gasteiger partial charge < -0.3 is 5.11 Å². The van der Waals surface area contributed by atoms with Crippen molar-refractivity contribution in [2.45, 2.75) is 46.1 Å². The Hall–Kier alpha value is -0.480. The average Bonchev–Trinajstić information content (AvgIpc) is 1.84. The van der Waals surface area contributed by atoms with E-state index in [2.05, 4.69) is 5.92 Å². The largest absolute Gasteiger partial charge is 0.390 e. The maximum atomic E-state index is 9.52. The lowest BCUT2D eigenvalue weighted by Gasteiger charge is -2.29. The van der Waals surface area contributed by atoms with E-state index in [-0.39, 0.29) is 5.41 Å². The first-order valence-corrected chi connectivity index (χ1v) is 4.03. The number of aliphatic hydroxyl groups is 1. The zero-order chi connectivity index (χ0) is 9.12. The standard InChI is InChI=1S/C10H18O/c1-6-10(5,7-2)8-9(3,4)11/h1,11H,7-8H2,2-5H3. The van der Waals surface area contributed by atoms with Crippen molar-refractivity contribution >= 4 is 0 Å². The predicted octanol–water partition coefficient (Wildman–Crippen LogP) is 2.20. The fraction of sp³-hybridized carbons (Fsp3) is 0.800. The smallest absolute Gasteiger partial charge is 0.0606 e. The summed E-state index contributed by atoms with van der Waals surface area (Å²) in [6.07, 6.45) is 6.93. The molecule has 0 saturated carbocycles. The zero-order valence-electron chi connectivity index (χ0n) is 7.94. The molecule has 0 aromatic heterocycles. The van der Waals surface area contributed by atoms with Crippen molar-refractivity contribution in [3.63, 3.8) is 0 Å². The maximum Gasteiger partial charge on any atom is 0.0606 e. The number of terminal acetylenes is 1. The molecule has 0 bridgehead atoms. The van der Waals surface area contributed by atoms with Gasteiger partial charge in [-0.1, -0.05) is 6.92 Å². The van der Waals surface area contributed by atoms with Crippen LogP contribution in [0.1, 0.15) is 40.5 Å². The molecule has 0 spiro atoms. The maximum absolute atomic E-state index is 9.52. The van der Waals surface area contributed by atoms with Crippen molar-refractivity contribution in [2.75, 3.05) is 0 Å². The molecule has 0 aliphatic rings. The summed E-state index contributed by atoms with van der Waals surface area (Å²) >= 11 is 0. The van der Waals surface area contributed by atoms with Crippen molar-refractivity contribution in [1.82, 2.24) is 0 Å². The summed E-state index contributed by atoms with van der Waals surface area (Å²) in [7, 11) is 0. The van der Waals surface area contributed by atoms with Gasteiger partial charge in [0.15, 0.2) is 0 Å². The van der Waals surface area contributed by atoms with Gasteiger partial charge in [0.2, 0.25) is 0 Å². The molecule has 1 nitrogen and oxygen atoms in total. The summed E-state index contributed by atoms with van der Waals surface area (Å²) < 4.78 is 0. The van der Waals surface area contributed by atoms with Crippen LogP contribution in [0.25, 0.3) is 0 Å². The molecule has 0 amide bonds. The minimum atomic E-state index is -0.656. The molecule has 11 heavy (non-hydrogen) atoms. The van der Waals surface area contributed by atoms with E-state index in [1.165, 1.54) is 0 Å². The van der Waals surface area contributed by atoms with Gasteiger partial charge in [-0.25, -0.2) is 0 Å². The van der Waals surface area contributed by atoms with Crippen LogP contribution in [0, 0.1) is 17.8 Å². The van der Waals surface area contributed by atoms with E-state index in [9.17, 15) is 5.11 Å². The Labute approximate surface area is 69.8 Å². The molecule has 64 valence electrons. The van der Waals surface area contributed by atoms with Crippen molar-refractivity contribution in [2.24, 2.45) is 5.41 Å². The van der Waals surface area contributed by atoms with Crippen LogP contribution in [-0.4, -0.2) is 10.7 Å². The van der Waals surface area contributed by atoms with E-state index in [0.717, 1.165) is 6.42 Å².